The number of nitrogens with zero attached hydrogens (tertiary/aromatic N) is 2. The zero-order chi connectivity index (χ0) is 23.2. The number of nitrogens with one attached hydrogen (secondary N) is 3. The van der Waals surface area contributed by atoms with Crippen molar-refractivity contribution in [2.45, 2.75) is 53.2 Å². The van der Waals surface area contributed by atoms with Crippen LogP contribution in [-0.2, 0) is 22.6 Å². The Morgan fingerprint density at radius 2 is 1.85 bits per heavy atom. The molecule has 188 valence electrons. The van der Waals surface area contributed by atoms with Gasteiger partial charge >= 0.3 is 6.09 Å². The highest BCUT2D eigenvalue weighted by atomic mass is 127. The van der Waals surface area contributed by atoms with E-state index >= 15 is 0 Å². The first-order valence-corrected chi connectivity index (χ1v) is 11.8. The van der Waals surface area contributed by atoms with Gasteiger partial charge in [-0.2, -0.15) is 0 Å². The van der Waals surface area contributed by atoms with Crippen LogP contribution in [0, 0.1) is 5.92 Å². The fourth-order valence-corrected chi connectivity index (χ4v) is 3.69. The molecule has 1 aliphatic heterocycles. The summed E-state index contributed by atoms with van der Waals surface area (Å²) in [4.78, 5) is 19.1. The number of carbonyl (C=O) groups is 1. The summed E-state index contributed by atoms with van der Waals surface area (Å²) in [6.07, 6.45) is 0.479. The van der Waals surface area contributed by atoms with Crippen molar-refractivity contribution in [3.8, 4) is 0 Å². The second-order valence-corrected chi connectivity index (χ2v) is 8.42. The maximum Gasteiger partial charge on any atom is 0.407 e. The van der Waals surface area contributed by atoms with Gasteiger partial charge in [-0.3, -0.25) is 4.90 Å². The zero-order valence-corrected chi connectivity index (χ0v) is 22.9. The predicted molar refractivity (Wildman–Crippen MR) is 144 cm³/mol. The third-order valence-corrected chi connectivity index (χ3v) is 5.24. The Morgan fingerprint density at radius 1 is 1.15 bits per heavy atom. The first kappa shape index (κ1) is 29.4. The van der Waals surface area contributed by atoms with Gasteiger partial charge in [0.15, 0.2) is 5.96 Å². The van der Waals surface area contributed by atoms with Crippen molar-refractivity contribution in [2.75, 3.05) is 46.0 Å². The fraction of sp³-hybridized carbons (Fsp3) is 0.667. The molecule has 8 nitrogen and oxygen atoms in total. The van der Waals surface area contributed by atoms with Crippen molar-refractivity contribution >= 4 is 36.0 Å². The molecule has 33 heavy (non-hydrogen) atoms. The highest BCUT2D eigenvalue weighted by Crippen LogP contribution is 2.14. The Labute approximate surface area is 216 Å². The van der Waals surface area contributed by atoms with Crippen LogP contribution in [0.5, 0.6) is 0 Å². The maximum absolute atomic E-state index is 11.9. The predicted octanol–water partition coefficient (Wildman–Crippen LogP) is 3.35. The summed E-state index contributed by atoms with van der Waals surface area (Å²) in [5, 5.41) is 9.65. The number of alkyl carbamates (subject to hydrolysis) is 1. The van der Waals surface area contributed by atoms with Gasteiger partial charge in [-0.15, -0.1) is 24.0 Å². The highest BCUT2D eigenvalue weighted by Gasteiger charge is 2.16. The summed E-state index contributed by atoms with van der Waals surface area (Å²) < 4.78 is 10.5. The van der Waals surface area contributed by atoms with Crippen molar-refractivity contribution < 1.29 is 14.3 Å². The molecule has 1 aromatic carbocycles. The SMILES string of the molecule is CCNC(=NCc1ccccc1CN1CCOCC1)NCC(CC(C)C)NC(=O)OCC.I. The maximum atomic E-state index is 11.9. The molecule has 0 spiro atoms. The molecule has 1 saturated heterocycles. The lowest BCUT2D eigenvalue weighted by molar-refractivity contribution is 0.0341. The van der Waals surface area contributed by atoms with Gasteiger partial charge in [-0.05, 0) is 37.3 Å². The molecule has 1 fully saturated rings. The van der Waals surface area contributed by atoms with E-state index in [1.807, 2.05) is 13.8 Å². The summed E-state index contributed by atoms with van der Waals surface area (Å²) in [7, 11) is 0. The van der Waals surface area contributed by atoms with E-state index in [0.29, 0.717) is 25.6 Å². The van der Waals surface area contributed by atoms with Gasteiger partial charge in [-0.25, -0.2) is 9.79 Å². The van der Waals surface area contributed by atoms with Crippen molar-refractivity contribution in [1.29, 1.82) is 0 Å². The van der Waals surface area contributed by atoms with Crippen LogP contribution in [0.25, 0.3) is 0 Å². The molecule has 1 atom stereocenters. The lowest BCUT2D eigenvalue weighted by atomic mass is 10.0. The molecule has 9 heteroatoms. The normalized spacial score (nSPS) is 15.5. The third kappa shape index (κ3) is 11.9. The molecule has 0 aliphatic carbocycles. The van der Waals surface area contributed by atoms with Crippen LogP contribution in [-0.4, -0.2) is 69.0 Å². The van der Waals surface area contributed by atoms with Gasteiger partial charge in [0, 0.05) is 38.8 Å². The molecule has 2 rings (SSSR count). The number of guanidine groups is 1. The quantitative estimate of drug-likeness (QED) is 0.213. The van der Waals surface area contributed by atoms with E-state index in [1.54, 1.807) is 0 Å². The standard InChI is InChI=1S/C24H41N5O3.HI/c1-5-25-23(27-17-22(15-19(3)4)28-24(30)32-6-2)26-16-20-9-7-8-10-21(20)18-29-11-13-31-14-12-29;/h7-10,19,22H,5-6,11-18H2,1-4H3,(H,28,30)(H2,25,26,27);1H. The Kier molecular flexibility index (Phi) is 15.1. The molecule has 1 heterocycles. The van der Waals surface area contributed by atoms with Crippen molar-refractivity contribution in [2.24, 2.45) is 10.9 Å². The molecule has 0 aromatic heterocycles. The lowest BCUT2D eigenvalue weighted by Gasteiger charge is -2.27. The average molecular weight is 576 g/mol. The molecule has 1 amide bonds. The second kappa shape index (κ2) is 16.9. The number of rotatable bonds is 11. The first-order valence-electron chi connectivity index (χ1n) is 11.8. The number of amides is 1. The first-order chi connectivity index (χ1) is 15.5. The number of halogens is 1. The Hall–Kier alpha value is -1.59. The highest BCUT2D eigenvalue weighted by molar-refractivity contribution is 14.0. The van der Waals surface area contributed by atoms with Crippen LogP contribution >= 0.6 is 24.0 Å². The van der Waals surface area contributed by atoms with Gasteiger partial charge < -0.3 is 25.4 Å². The molecule has 1 aromatic rings. The van der Waals surface area contributed by atoms with E-state index in [9.17, 15) is 4.79 Å². The van der Waals surface area contributed by atoms with Crippen LogP contribution < -0.4 is 16.0 Å². The molecule has 0 bridgehead atoms. The minimum Gasteiger partial charge on any atom is -0.450 e. The largest absolute Gasteiger partial charge is 0.450 e. The van der Waals surface area contributed by atoms with Crippen molar-refractivity contribution in [3.05, 3.63) is 35.4 Å². The minimum absolute atomic E-state index is 0. The van der Waals surface area contributed by atoms with E-state index in [4.69, 9.17) is 14.5 Å². The van der Waals surface area contributed by atoms with E-state index in [1.165, 1.54) is 11.1 Å². The molecule has 0 saturated carbocycles. The van der Waals surface area contributed by atoms with Gasteiger partial charge in [0.05, 0.1) is 26.4 Å². The topological polar surface area (TPSA) is 87.2 Å². The van der Waals surface area contributed by atoms with Crippen LogP contribution in [0.3, 0.4) is 0 Å². The summed E-state index contributed by atoms with van der Waals surface area (Å²) in [6.45, 7) is 14.9. The molecule has 1 aliphatic rings. The molecule has 3 N–H and O–H groups in total. The summed E-state index contributed by atoms with van der Waals surface area (Å²) in [6, 6.07) is 8.45. The lowest BCUT2D eigenvalue weighted by Crippen LogP contribution is -2.47. The van der Waals surface area contributed by atoms with Crippen LogP contribution in [0.4, 0.5) is 4.79 Å². The van der Waals surface area contributed by atoms with Gasteiger partial charge in [-0.1, -0.05) is 38.1 Å². The van der Waals surface area contributed by atoms with E-state index in [2.05, 4.69) is 59.0 Å². The molecule has 0 radical (unpaired) electrons. The Balaban J connectivity index is 0.00000544. The monoisotopic (exact) mass is 575 g/mol. The summed E-state index contributed by atoms with van der Waals surface area (Å²) in [5.74, 6) is 1.20. The third-order valence-electron chi connectivity index (χ3n) is 5.24. The number of morpholine rings is 1. The van der Waals surface area contributed by atoms with Crippen molar-refractivity contribution in [3.63, 3.8) is 0 Å². The van der Waals surface area contributed by atoms with E-state index in [0.717, 1.165) is 51.8 Å². The smallest absolute Gasteiger partial charge is 0.407 e. The zero-order valence-electron chi connectivity index (χ0n) is 20.6. The second-order valence-electron chi connectivity index (χ2n) is 8.42. The van der Waals surface area contributed by atoms with Crippen LogP contribution in [0.2, 0.25) is 0 Å². The number of hydrogen-bond donors (Lipinski definition) is 3. The van der Waals surface area contributed by atoms with Crippen LogP contribution in [0.15, 0.2) is 29.3 Å². The molecular weight excluding hydrogens is 533 g/mol. The van der Waals surface area contributed by atoms with Crippen LogP contribution in [0.1, 0.15) is 45.2 Å². The summed E-state index contributed by atoms with van der Waals surface area (Å²) >= 11 is 0. The number of hydrogen-bond acceptors (Lipinski definition) is 5. The number of carbonyl (C=O) groups excluding carboxylic acids is 1. The van der Waals surface area contributed by atoms with Gasteiger partial charge in [0.2, 0.25) is 0 Å². The fourth-order valence-electron chi connectivity index (χ4n) is 3.69. The molecular formula is C24H42IN5O3. The minimum atomic E-state index is -0.376. The van der Waals surface area contributed by atoms with E-state index < -0.39 is 0 Å². The number of benzene rings is 1. The Bertz CT molecular complexity index is 711. The number of ether oxygens (including phenoxy) is 2. The average Bonchev–Trinajstić information content (AvgIpc) is 2.77. The summed E-state index contributed by atoms with van der Waals surface area (Å²) in [5.41, 5.74) is 2.52. The van der Waals surface area contributed by atoms with Gasteiger partial charge in [0.25, 0.3) is 0 Å². The van der Waals surface area contributed by atoms with Gasteiger partial charge in [0.1, 0.15) is 0 Å². The van der Waals surface area contributed by atoms with E-state index in [-0.39, 0.29) is 36.1 Å². The Morgan fingerprint density at radius 3 is 2.48 bits per heavy atom. The van der Waals surface area contributed by atoms with Crippen molar-refractivity contribution in [1.82, 2.24) is 20.9 Å². The number of aliphatic imine (C=N–C) groups is 1. The molecule has 1 unspecified atom stereocenters.